The Hall–Kier alpha value is -1.80. The number of nitrogens with zero attached hydrogens (tertiary/aromatic N) is 6. The van der Waals surface area contributed by atoms with Gasteiger partial charge in [0.05, 0.1) is 13.2 Å². The highest BCUT2D eigenvalue weighted by Crippen LogP contribution is 2.09. The van der Waals surface area contributed by atoms with Gasteiger partial charge < -0.3 is 14.7 Å². The number of aliphatic hydroxyl groups is 1. The number of hydrogen-bond donors (Lipinski definition) is 1. The SMILES string of the molecule is COCCN(CCO)c1ccc2nnnn2n1. The van der Waals surface area contributed by atoms with Crippen molar-refractivity contribution in [2.24, 2.45) is 0 Å². The molecule has 0 spiro atoms. The van der Waals surface area contributed by atoms with E-state index in [0.29, 0.717) is 31.2 Å². The van der Waals surface area contributed by atoms with E-state index in [-0.39, 0.29) is 6.61 Å². The van der Waals surface area contributed by atoms with E-state index in [1.54, 1.807) is 13.2 Å². The molecule has 0 fully saturated rings. The van der Waals surface area contributed by atoms with Gasteiger partial charge in [0.1, 0.15) is 0 Å². The number of aromatic nitrogens is 5. The summed E-state index contributed by atoms with van der Waals surface area (Å²) in [6.07, 6.45) is 0. The molecule has 0 radical (unpaired) electrons. The molecule has 8 nitrogen and oxygen atoms in total. The van der Waals surface area contributed by atoms with Crippen LogP contribution < -0.4 is 4.90 Å². The van der Waals surface area contributed by atoms with E-state index in [9.17, 15) is 0 Å². The molecule has 0 aliphatic heterocycles. The van der Waals surface area contributed by atoms with Gasteiger partial charge in [-0.25, -0.2) is 0 Å². The third kappa shape index (κ3) is 2.66. The highest BCUT2D eigenvalue weighted by molar-refractivity contribution is 5.44. The lowest BCUT2D eigenvalue weighted by atomic mass is 10.4. The molecule has 0 aliphatic carbocycles. The number of tetrazole rings is 1. The normalized spacial score (nSPS) is 10.9. The van der Waals surface area contributed by atoms with Gasteiger partial charge >= 0.3 is 0 Å². The first kappa shape index (κ1) is 11.7. The lowest BCUT2D eigenvalue weighted by Gasteiger charge is -2.21. The summed E-state index contributed by atoms with van der Waals surface area (Å²) in [5.74, 6) is 0.705. The molecule has 17 heavy (non-hydrogen) atoms. The molecular formula is C9H14N6O2. The van der Waals surface area contributed by atoms with Crippen molar-refractivity contribution in [1.82, 2.24) is 25.3 Å². The fourth-order valence-electron chi connectivity index (χ4n) is 1.47. The van der Waals surface area contributed by atoms with Gasteiger partial charge in [-0.1, -0.05) is 0 Å². The van der Waals surface area contributed by atoms with Crippen LogP contribution in [0.4, 0.5) is 5.82 Å². The molecule has 0 aromatic carbocycles. The number of aliphatic hydroxyl groups excluding tert-OH is 1. The van der Waals surface area contributed by atoms with Crippen molar-refractivity contribution in [2.75, 3.05) is 38.3 Å². The van der Waals surface area contributed by atoms with Crippen molar-refractivity contribution in [1.29, 1.82) is 0 Å². The zero-order chi connectivity index (χ0) is 12.1. The minimum Gasteiger partial charge on any atom is -0.395 e. The second-order valence-electron chi connectivity index (χ2n) is 3.42. The van der Waals surface area contributed by atoms with Crippen LogP contribution in [0.5, 0.6) is 0 Å². The summed E-state index contributed by atoms with van der Waals surface area (Å²) in [4.78, 5) is 1.91. The molecular weight excluding hydrogens is 224 g/mol. The molecule has 2 rings (SSSR count). The maximum atomic E-state index is 9.01. The summed E-state index contributed by atoms with van der Waals surface area (Å²) in [6, 6.07) is 3.59. The van der Waals surface area contributed by atoms with Crippen LogP contribution in [-0.4, -0.2) is 63.8 Å². The third-order valence-electron chi connectivity index (χ3n) is 2.31. The fraction of sp³-hybridized carbons (Fsp3) is 0.556. The van der Waals surface area contributed by atoms with Gasteiger partial charge in [0.25, 0.3) is 0 Å². The molecule has 0 bridgehead atoms. The molecule has 0 amide bonds. The predicted molar refractivity (Wildman–Crippen MR) is 59.8 cm³/mol. The third-order valence-corrected chi connectivity index (χ3v) is 2.31. The molecule has 2 aromatic rings. The Kier molecular flexibility index (Phi) is 3.78. The van der Waals surface area contributed by atoms with E-state index < -0.39 is 0 Å². The Morgan fingerprint density at radius 2 is 2.29 bits per heavy atom. The lowest BCUT2D eigenvalue weighted by molar-refractivity contribution is 0.202. The predicted octanol–water partition coefficient (Wildman–Crippen LogP) is -1.04. The molecule has 1 N–H and O–H groups in total. The van der Waals surface area contributed by atoms with Crippen LogP contribution in [0.2, 0.25) is 0 Å². The van der Waals surface area contributed by atoms with Crippen LogP contribution >= 0.6 is 0 Å². The molecule has 2 heterocycles. The average Bonchev–Trinajstić information content (AvgIpc) is 2.81. The zero-order valence-corrected chi connectivity index (χ0v) is 9.52. The quantitative estimate of drug-likeness (QED) is 0.687. The highest BCUT2D eigenvalue weighted by Gasteiger charge is 2.09. The molecule has 8 heteroatoms. The van der Waals surface area contributed by atoms with Crippen molar-refractivity contribution in [3.8, 4) is 0 Å². The minimum absolute atomic E-state index is 0.0546. The Morgan fingerprint density at radius 3 is 3.06 bits per heavy atom. The Morgan fingerprint density at radius 1 is 1.41 bits per heavy atom. The van der Waals surface area contributed by atoms with Gasteiger partial charge in [0.15, 0.2) is 11.5 Å². The Balaban J connectivity index is 2.20. The largest absolute Gasteiger partial charge is 0.395 e. The van der Waals surface area contributed by atoms with Gasteiger partial charge in [-0.3, -0.25) is 0 Å². The van der Waals surface area contributed by atoms with Crippen LogP contribution in [0.25, 0.3) is 5.65 Å². The first-order chi connectivity index (χ1) is 8.35. The van der Waals surface area contributed by atoms with Gasteiger partial charge in [0.2, 0.25) is 0 Å². The standard InChI is InChI=1S/C9H14N6O2/c1-17-7-5-14(4-6-16)9-3-2-8-10-12-13-15(8)11-9/h2-3,16H,4-7H2,1H3. The van der Waals surface area contributed by atoms with E-state index in [1.807, 2.05) is 11.0 Å². The first-order valence-electron chi connectivity index (χ1n) is 5.25. The Labute approximate surface area is 97.8 Å². The smallest absolute Gasteiger partial charge is 0.200 e. The number of methoxy groups -OCH3 is 1. The number of ether oxygens (including phenoxy) is 1. The summed E-state index contributed by atoms with van der Waals surface area (Å²) in [5, 5.41) is 24.3. The van der Waals surface area contributed by atoms with Crippen LogP contribution in [0.1, 0.15) is 0 Å². The number of rotatable bonds is 6. The van der Waals surface area contributed by atoms with Crippen LogP contribution in [0.15, 0.2) is 12.1 Å². The topological polar surface area (TPSA) is 88.7 Å². The van der Waals surface area contributed by atoms with Gasteiger partial charge in [0, 0.05) is 20.2 Å². The van der Waals surface area contributed by atoms with Crippen LogP contribution in [0, 0.1) is 0 Å². The molecule has 0 aliphatic rings. The zero-order valence-electron chi connectivity index (χ0n) is 9.52. The molecule has 0 saturated heterocycles. The van der Waals surface area contributed by atoms with Crippen molar-refractivity contribution < 1.29 is 9.84 Å². The molecule has 2 aromatic heterocycles. The van der Waals surface area contributed by atoms with E-state index in [0.717, 1.165) is 0 Å². The van der Waals surface area contributed by atoms with E-state index in [4.69, 9.17) is 9.84 Å². The molecule has 92 valence electrons. The van der Waals surface area contributed by atoms with Crippen molar-refractivity contribution >= 4 is 11.5 Å². The second kappa shape index (κ2) is 5.51. The van der Waals surface area contributed by atoms with Crippen molar-refractivity contribution in [3.63, 3.8) is 0 Å². The number of anilines is 1. The summed E-state index contributed by atoms with van der Waals surface area (Å²) in [7, 11) is 1.63. The number of hydrogen-bond acceptors (Lipinski definition) is 7. The highest BCUT2D eigenvalue weighted by atomic mass is 16.5. The average molecular weight is 238 g/mol. The van der Waals surface area contributed by atoms with Gasteiger partial charge in [-0.05, 0) is 22.6 Å². The molecule has 0 atom stereocenters. The fourth-order valence-corrected chi connectivity index (χ4v) is 1.47. The van der Waals surface area contributed by atoms with Gasteiger partial charge in [-0.2, -0.15) is 0 Å². The minimum atomic E-state index is 0.0546. The second-order valence-corrected chi connectivity index (χ2v) is 3.42. The molecule has 0 unspecified atom stereocenters. The summed E-state index contributed by atoms with van der Waals surface area (Å²) >= 11 is 0. The number of fused-ring (bicyclic) bond motifs is 1. The van der Waals surface area contributed by atoms with Crippen molar-refractivity contribution in [3.05, 3.63) is 12.1 Å². The first-order valence-corrected chi connectivity index (χ1v) is 5.25. The van der Waals surface area contributed by atoms with Crippen molar-refractivity contribution in [2.45, 2.75) is 0 Å². The maximum absolute atomic E-state index is 9.01. The summed E-state index contributed by atoms with van der Waals surface area (Å²) in [5.41, 5.74) is 0.587. The van der Waals surface area contributed by atoms with E-state index in [2.05, 4.69) is 20.6 Å². The maximum Gasteiger partial charge on any atom is 0.200 e. The Bertz CT molecular complexity index is 473. The lowest BCUT2D eigenvalue weighted by Crippen LogP contribution is -2.31. The van der Waals surface area contributed by atoms with Gasteiger partial charge in [-0.15, -0.1) is 14.8 Å². The summed E-state index contributed by atoms with van der Waals surface area (Å²) in [6.45, 7) is 1.76. The van der Waals surface area contributed by atoms with Crippen LogP contribution in [0.3, 0.4) is 0 Å². The monoisotopic (exact) mass is 238 g/mol. The van der Waals surface area contributed by atoms with E-state index >= 15 is 0 Å². The molecule has 0 saturated carbocycles. The van der Waals surface area contributed by atoms with Crippen LogP contribution in [-0.2, 0) is 4.74 Å². The summed E-state index contributed by atoms with van der Waals surface area (Å²) < 4.78 is 6.37. The van der Waals surface area contributed by atoms with E-state index in [1.165, 1.54) is 4.63 Å².